The molecule has 10 nitrogen and oxygen atoms in total. The van der Waals surface area contributed by atoms with Crippen molar-refractivity contribution in [2.45, 2.75) is 25.3 Å². The third-order valence-corrected chi connectivity index (χ3v) is 7.05. The number of hydrogen-bond donors (Lipinski definition) is 4. The monoisotopic (exact) mass is 482 g/mol. The summed E-state index contributed by atoms with van der Waals surface area (Å²) in [6, 6.07) is 8.29. The molecule has 0 spiro atoms. The Morgan fingerprint density at radius 1 is 1.11 bits per heavy atom. The van der Waals surface area contributed by atoms with Crippen LogP contribution in [0.2, 0.25) is 0 Å². The summed E-state index contributed by atoms with van der Waals surface area (Å²) in [6.45, 7) is 9.07. The number of fused-ring (bicyclic) bond motifs is 1. The number of aromatic nitrogens is 2. The van der Waals surface area contributed by atoms with Gasteiger partial charge in [0.15, 0.2) is 11.5 Å². The Labute approximate surface area is 207 Å². The van der Waals surface area contributed by atoms with Crippen molar-refractivity contribution in [3.63, 3.8) is 0 Å². The minimum Gasteiger partial charge on any atom is -0.493 e. The van der Waals surface area contributed by atoms with Crippen molar-refractivity contribution in [3.05, 3.63) is 30.5 Å². The van der Waals surface area contributed by atoms with Crippen molar-refractivity contribution >= 4 is 17.5 Å². The predicted molar refractivity (Wildman–Crippen MR) is 137 cm³/mol. The van der Waals surface area contributed by atoms with Crippen LogP contribution in [0.4, 0.5) is 17.5 Å². The van der Waals surface area contributed by atoms with Gasteiger partial charge in [0.1, 0.15) is 5.82 Å². The number of benzene rings is 1. The third kappa shape index (κ3) is 6.52. The highest BCUT2D eigenvalue weighted by molar-refractivity contribution is 5.60. The van der Waals surface area contributed by atoms with Crippen LogP contribution in [0.25, 0.3) is 0 Å². The van der Waals surface area contributed by atoms with E-state index in [1.165, 1.54) is 25.9 Å². The molecule has 5 rings (SSSR count). The summed E-state index contributed by atoms with van der Waals surface area (Å²) in [7, 11) is 1.67. The first-order chi connectivity index (χ1) is 17.3. The zero-order chi connectivity index (χ0) is 23.9. The normalized spacial score (nSPS) is 22.7. The van der Waals surface area contributed by atoms with Gasteiger partial charge in [-0.25, -0.2) is 4.98 Å². The van der Waals surface area contributed by atoms with Gasteiger partial charge in [-0.3, -0.25) is 4.90 Å². The molecule has 2 unspecified atom stereocenters. The molecular formula is C25H38N8O2. The Morgan fingerprint density at radius 2 is 2.03 bits per heavy atom. The number of methoxy groups -OCH3 is 1. The van der Waals surface area contributed by atoms with Gasteiger partial charge in [0.25, 0.3) is 0 Å². The molecule has 35 heavy (non-hydrogen) atoms. The van der Waals surface area contributed by atoms with Gasteiger partial charge in [0.05, 0.1) is 20.4 Å². The largest absolute Gasteiger partial charge is 0.493 e. The highest BCUT2D eigenvalue weighted by Crippen LogP contribution is 2.31. The zero-order valence-electron chi connectivity index (χ0n) is 20.6. The molecule has 0 aliphatic carbocycles. The molecule has 190 valence electrons. The fourth-order valence-corrected chi connectivity index (χ4v) is 5.17. The van der Waals surface area contributed by atoms with Crippen LogP contribution in [0, 0.1) is 5.92 Å². The van der Waals surface area contributed by atoms with E-state index in [2.05, 4.69) is 41.0 Å². The number of hydrogen-bond acceptors (Lipinski definition) is 10. The molecule has 10 heteroatoms. The molecule has 2 atom stereocenters. The second-order valence-electron chi connectivity index (χ2n) is 9.58. The summed E-state index contributed by atoms with van der Waals surface area (Å²) >= 11 is 0. The molecule has 0 saturated carbocycles. The first-order valence-corrected chi connectivity index (χ1v) is 12.8. The summed E-state index contributed by atoms with van der Waals surface area (Å²) in [5.41, 5.74) is 0.861. The number of likely N-dealkylation sites (tertiary alicyclic amines) is 2. The topological polar surface area (TPSA) is 98.8 Å². The average Bonchev–Trinajstić information content (AvgIpc) is 3.55. The molecule has 0 amide bonds. The smallest absolute Gasteiger partial charge is 0.229 e. The van der Waals surface area contributed by atoms with E-state index in [0.717, 1.165) is 68.9 Å². The summed E-state index contributed by atoms with van der Waals surface area (Å²) < 4.78 is 11.6. The van der Waals surface area contributed by atoms with Gasteiger partial charge in [0.2, 0.25) is 5.95 Å². The molecule has 3 fully saturated rings. The second kappa shape index (κ2) is 11.9. The van der Waals surface area contributed by atoms with Crippen LogP contribution in [0.5, 0.6) is 11.5 Å². The van der Waals surface area contributed by atoms with Gasteiger partial charge in [-0.15, -0.1) is 0 Å². The molecule has 3 aliphatic heterocycles. The van der Waals surface area contributed by atoms with E-state index in [1.54, 1.807) is 13.3 Å². The van der Waals surface area contributed by atoms with Gasteiger partial charge in [-0.05, 0) is 50.6 Å². The summed E-state index contributed by atoms with van der Waals surface area (Å²) in [5.74, 6) is 3.46. The number of anilines is 3. The quantitative estimate of drug-likeness (QED) is 0.356. The maximum atomic E-state index is 6.07. The molecule has 1 aromatic heterocycles. The summed E-state index contributed by atoms with van der Waals surface area (Å²) in [6.07, 6.45) is 5.40. The lowest BCUT2D eigenvalue weighted by molar-refractivity contribution is 0.254. The number of nitrogens with one attached hydrogen (secondary N) is 4. The second-order valence-corrected chi connectivity index (χ2v) is 9.58. The van der Waals surface area contributed by atoms with E-state index in [4.69, 9.17) is 9.47 Å². The number of rotatable bonds is 11. The molecule has 0 radical (unpaired) electrons. The molecule has 4 heterocycles. The fraction of sp³-hybridized carbons (Fsp3) is 0.600. The van der Waals surface area contributed by atoms with Crippen LogP contribution < -0.4 is 30.7 Å². The fourth-order valence-electron chi connectivity index (χ4n) is 5.17. The lowest BCUT2D eigenvalue weighted by Gasteiger charge is -2.26. The Bertz CT molecular complexity index is 941. The van der Waals surface area contributed by atoms with Gasteiger partial charge >= 0.3 is 0 Å². The standard InChI is InChI=1S/C25H38N8O2/c1-34-22-6-5-20(13-23(22)35-12-4-11-32-9-2-3-10-32)30-25-27-8-7-24(31-25)29-18-33-15-19-14-26-17-28-21(19)16-33/h5-8,13,19,21,26,28H,2-4,9-12,14-18H2,1H3,(H2,27,29,30,31). The first-order valence-electron chi connectivity index (χ1n) is 12.8. The number of ether oxygens (including phenoxy) is 2. The van der Waals surface area contributed by atoms with Crippen molar-refractivity contribution in [1.29, 1.82) is 0 Å². The van der Waals surface area contributed by atoms with Crippen LogP contribution in [0.3, 0.4) is 0 Å². The Hall–Kier alpha value is -2.66. The van der Waals surface area contributed by atoms with Crippen molar-refractivity contribution in [2.24, 2.45) is 5.92 Å². The average molecular weight is 483 g/mol. The number of nitrogens with zero attached hydrogens (tertiary/aromatic N) is 4. The van der Waals surface area contributed by atoms with Crippen LogP contribution >= 0.6 is 0 Å². The molecular weight excluding hydrogens is 444 g/mol. The Morgan fingerprint density at radius 3 is 2.89 bits per heavy atom. The highest BCUT2D eigenvalue weighted by atomic mass is 16.5. The van der Waals surface area contributed by atoms with Crippen molar-refractivity contribution in [1.82, 2.24) is 30.4 Å². The van der Waals surface area contributed by atoms with Crippen LogP contribution in [-0.4, -0.2) is 92.1 Å². The third-order valence-electron chi connectivity index (χ3n) is 7.05. The minimum atomic E-state index is 0.543. The highest BCUT2D eigenvalue weighted by Gasteiger charge is 2.33. The zero-order valence-corrected chi connectivity index (χ0v) is 20.6. The molecule has 4 N–H and O–H groups in total. The maximum Gasteiger partial charge on any atom is 0.229 e. The van der Waals surface area contributed by atoms with Crippen LogP contribution in [-0.2, 0) is 0 Å². The van der Waals surface area contributed by atoms with E-state index >= 15 is 0 Å². The van der Waals surface area contributed by atoms with E-state index < -0.39 is 0 Å². The van der Waals surface area contributed by atoms with Crippen molar-refractivity contribution in [3.8, 4) is 11.5 Å². The van der Waals surface area contributed by atoms with Crippen LogP contribution in [0.1, 0.15) is 19.3 Å². The lowest BCUT2D eigenvalue weighted by atomic mass is 10.0. The van der Waals surface area contributed by atoms with Crippen LogP contribution in [0.15, 0.2) is 30.5 Å². The predicted octanol–water partition coefficient (Wildman–Crippen LogP) is 1.91. The van der Waals surface area contributed by atoms with E-state index in [0.29, 0.717) is 24.5 Å². The minimum absolute atomic E-state index is 0.543. The Kier molecular flexibility index (Phi) is 8.14. The van der Waals surface area contributed by atoms with Gasteiger partial charge in [-0.2, -0.15) is 4.98 Å². The van der Waals surface area contributed by atoms with E-state index in [9.17, 15) is 0 Å². The SMILES string of the molecule is COc1ccc(Nc2nccc(NCN3CC4CNCNC4C3)n2)cc1OCCCN1CCCC1. The Balaban J connectivity index is 1.13. The molecule has 3 aliphatic rings. The first kappa shape index (κ1) is 24.1. The van der Waals surface area contributed by atoms with Gasteiger partial charge < -0.3 is 35.6 Å². The molecule has 0 bridgehead atoms. The van der Waals surface area contributed by atoms with Crippen molar-refractivity contribution < 1.29 is 9.47 Å². The van der Waals surface area contributed by atoms with Gasteiger partial charge in [-0.1, -0.05) is 0 Å². The van der Waals surface area contributed by atoms with E-state index in [1.807, 2.05) is 24.3 Å². The lowest BCUT2D eigenvalue weighted by Crippen LogP contribution is -2.50. The maximum absolute atomic E-state index is 6.07. The molecule has 3 saturated heterocycles. The van der Waals surface area contributed by atoms with Crippen molar-refractivity contribution in [2.75, 3.05) is 77.0 Å². The molecule has 1 aromatic carbocycles. The summed E-state index contributed by atoms with van der Waals surface area (Å²) in [4.78, 5) is 14.0. The van der Waals surface area contributed by atoms with Gasteiger partial charge in [0, 0.05) is 62.8 Å². The molecule has 2 aromatic rings. The van der Waals surface area contributed by atoms with E-state index in [-0.39, 0.29) is 0 Å². The summed E-state index contributed by atoms with van der Waals surface area (Å²) in [5, 5.41) is 13.7.